The number of furan rings is 1. The normalized spacial score (nSPS) is 10.9. The number of benzene rings is 1. The van der Waals surface area contributed by atoms with Crippen LogP contribution in [0.3, 0.4) is 0 Å². The molecule has 0 spiro atoms. The van der Waals surface area contributed by atoms with Gasteiger partial charge in [0.1, 0.15) is 17.6 Å². The predicted molar refractivity (Wildman–Crippen MR) is 113 cm³/mol. The van der Waals surface area contributed by atoms with Crippen LogP contribution in [0.5, 0.6) is 0 Å². The van der Waals surface area contributed by atoms with E-state index in [2.05, 4.69) is 11.4 Å². The average Bonchev–Trinajstić information content (AvgIpc) is 3.25. The lowest BCUT2D eigenvalue weighted by Gasteiger charge is -2.17. The Morgan fingerprint density at radius 3 is 2.76 bits per heavy atom. The molecule has 0 aliphatic heterocycles. The third-order valence-electron chi connectivity index (χ3n) is 4.85. The number of aromatic nitrogens is 1. The maximum Gasteiger partial charge on any atom is 0.239 e. The molecule has 3 rings (SSSR count). The Labute approximate surface area is 175 Å². The minimum Gasteiger partial charge on any atom is -0.467 e. The van der Waals surface area contributed by atoms with Crippen LogP contribution in [0.15, 0.2) is 47.1 Å². The fourth-order valence-electron chi connectivity index (χ4n) is 3.31. The van der Waals surface area contributed by atoms with E-state index in [1.165, 1.54) is 0 Å². The molecule has 2 aromatic heterocycles. The summed E-state index contributed by atoms with van der Waals surface area (Å²) < 4.78 is 7.34. The van der Waals surface area contributed by atoms with Crippen LogP contribution in [0.25, 0.3) is 0 Å². The minimum atomic E-state index is -0.191. The molecule has 7 heteroatoms. The minimum absolute atomic E-state index is 0.182. The number of anilines is 1. The van der Waals surface area contributed by atoms with Crippen molar-refractivity contribution in [2.45, 2.75) is 26.9 Å². The van der Waals surface area contributed by atoms with E-state index >= 15 is 0 Å². The van der Waals surface area contributed by atoms with Gasteiger partial charge in [-0.05, 0) is 56.3 Å². The quantitative estimate of drug-likeness (QED) is 0.628. The SMILES string of the molecule is Cc1c(C#N)c(NC(=O)CN(C)Cc2cccc(Cl)c2)n(Cc2ccco2)c1C. The van der Waals surface area contributed by atoms with Crippen LogP contribution in [0, 0.1) is 25.2 Å². The van der Waals surface area contributed by atoms with Gasteiger partial charge in [0.25, 0.3) is 0 Å². The second kappa shape index (κ2) is 8.99. The van der Waals surface area contributed by atoms with Gasteiger partial charge in [-0.3, -0.25) is 9.69 Å². The number of amides is 1. The number of carbonyl (C=O) groups excluding carboxylic acids is 1. The molecule has 0 aliphatic carbocycles. The Kier molecular flexibility index (Phi) is 6.42. The maximum absolute atomic E-state index is 12.7. The van der Waals surface area contributed by atoms with Crippen LogP contribution in [-0.4, -0.2) is 29.0 Å². The summed E-state index contributed by atoms with van der Waals surface area (Å²) >= 11 is 6.03. The number of rotatable bonds is 7. The molecular weight excluding hydrogens is 388 g/mol. The first-order valence-corrected chi connectivity index (χ1v) is 9.61. The second-order valence-electron chi connectivity index (χ2n) is 7.06. The van der Waals surface area contributed by atoms with Crippen molar-refractivity contribution in [2.75, 3.05) is 18.9 Å². The molecule has 150 valence electrons. The van der Waals surface area contributed by atoms with Crippen LogP contribution < -0.4 is 5.32 Å². The smallest absolute Gasteiger partial charge is 0.239 e. The fraction of sp³-hybridized carbons (Fsp3) is 0.273. The summed E-state index contributed by atoms with van der Waals surface area (Å²) in [4.78, 5) is 14.6. The van der Waals surface area contributed by atoms with Crippen LogP contribution in [-0.2, 0) is 17.9 Å². The molecule has 1 aromatic carbocycles. The van der Waals surface area contributed by atoms with Crippen LogP contribution in [0.1, 0.15) is 28.1 Å². The number of likely N-dealkylation sites (N-methyl/N-ethyl adjacent to an activating group) is 1. The summed E-state index contributed by atoms with van der Waals surface area (Å²) in [5.41, 5.74) is 3.26. The highest BCUT2D eigenvalue weighted by molar-refractivity contribution is 6.30. The molecule has 0 saturated carbocycles. The first kappa shape index (κ1) is 20.7. The Hall–Kier alpha value is -3.01. The molecule has 0 saturated heterocycles. The topological polar surface area (TPSA) is 74.2 Å². The molecule has 3 aromatic rings. The fourth-order valence-corrected chi connectivity index (χ4v) is 3.52. The van der Waals surface area contributed by atoms with Gasteiger partial charge in [-0.1, -0.05) is 23.7 Å². The summed E-state index contributed by atoms with van der Waals surface area (Å²) in [5, 5.41) is 13.2. The van der Waals surface area contributed by atoms with Crippen molar-refractivity contribution in [3.05, 3.63) is 75.8 Å². The van der Waals surface area contributed by atoms with Crippen LogP contribution in [0.4, 0.5) is 5.82 Å². The zero-order valence-corrected chi connectivity index (χ0v) is 17.5. The summed E-state index contributed by atoms with van der Waals surface area (Å²) in [7, 11) is 1.87. The maximum atomic E-state index is 12.7. The summed E-state index contributed by atoms with van der Waals surface area (Å²) in [5.74, 6) is 1.06. The molecule has 0 aliphatic rings. The number of carbonyl (C=O) groups is 1. The van der Waals surface area contributed by atoms with Crippen molar-refractivity contribution >= 4 is 23.3 Å². The van der Waals surface area contributed by atoms with Crippen molar-refractivity contribution < 1.29 is 9.21 Å². The van der Waals surface area contributed by atoms with Gasteiger partial charge in [0.05, 0.1) is 24.9 Å². The highest BCUT2D eigenvalue weighted by Crippen LogP contribution is 2.27. The van der Waals surface area contributed by atoms with Gasteiger partial charge in [0.2, 0.25) is 5.91 Å². The van der Waals surface area contributed by atoms with Gasteiger partial charge in [0, 0.05) is 17.3 Å². The van der Waals surface area contributed by atoms with Crippen molar-refractivity contribution in [3.8, 4) is 6.07 Å². The van der Waals surface area contributed by atoms with Gasteiger partial charge in [-0.25, -0.2) is 0 Å². The molecule has 2 heterocycles. The molecule has 0 unspecified atom stereocenters. The predicted octanol–water partition coefficient (Wildman–Crippen LogP) is 4.34. The molecule has 0 bridgehead atoms. The number of nitrogens with zero attached hydrogens (tertiary/aromatic N) is 3. The van der Waals surface area contributed by atoms with E-state index in [1.54, 1.807) is 6.26 Å². The second-order valence-corrected chi connectivity index (χ2v) is 7.50. The van der Waals surface area contributed by atoms with E-state index < -0.39 is 0 Å². The lowest BCUT2D eigenvalue weighted by Crippen LogP contribution is -2.30. The monoisotopic (exact) mass is 410 g/mol. The van der Waals surface area contributed by atoms with E-state index in [1.807, 2.05) is 66.8 Å². The first-order chi connectivity index (χ1) is 13.9. The highest BCUT2D eigenvalue weighted by Gasteiger charge is 2.21. The molecule has 1 amide bonds. The molecule has 0 radical (unpaired) electrons. The van der Waals surface area contributed by atoms with E-state index in [4.69, 9.17) is 16.0 Å². The van der Waals surface area contributed by atoms with Gasteiger partial charge < -0.3 is 14.3 Å². The zero-order chi connectivity index (χ0) is 21.0. The Morgan fingerprint density at radius 2 is 2.10 bits per heavy atom. The largest absolute Gasteiger partial charge is 0.467 e. The Bertz CT molecular complexity index is 1050. The molecule has 0 fully saturated rings. The third kappa shape index (κ3) is 4.89. The van der Waals surface area contributed by atoms with Gasteiger partial charge >= 0.3 is 0 Å². The van der Waals surface area contributed by atoms with E-state index in [0.29, 0.717) is 29.5 Å². The zero-order valence-electron chi connectivity index (χ0n) is 16.7. The highest BCUT2D eigenvalue weighted by atomic mass is 35.5. The van der Waals surface area contributed by atoms with Crippen molar-refractivity contribution in [1.82, 2.24) is 9.47 Å². The van der Waals surface area contributed by atoms with Crippen LogP contribution >= 0.6 is 11.6 Å². The Morgan fingerprint density at radius 1 is 1.31 bits per heavy atom. The Balaban J connectivity index is 1.75. The molecule has 6 nitrogen and oxygen atoms in total. The van der Waals surface area contributed by atoms with E-state index in [9.17, 15) is 10.1 Å². The third-order valence-corrected chi connectivity index (χ3v) is 5.08. The van der Waals surface area contributed by atoms with E-state index in [-0.39, 0.29) is 12.5 Å². The number of nitrogens with one attached hydrogen (secondary N) is 1. The van der Waals surface area contributed by atoms with Crippen LogP contribution in [0.2, 0.25) is 5.02 Å². The number of halogens is 1. The molecule has 29 heavy (non-hydrogen) atoms. The standard InChI is InChI=1S/C22H23ClN4O2/c1-15-16(2)27(13-19-8-5-9-29-19)22(20(15)11-24)25-21(28)14-26(3)12-17-6-4-7-18(23)10-17/h4-10H,12-14H2,1-3H3,(H,25,28). The van der Waals surface area contributed by atoms with Gasteiger partial charge in [0.15, 0.2) is 0 Å². The number of nitriles is 1. The van der Waals surface area contributed by atoms with Gasteiger partial charge in [-0.2, -0.15) is 5.26 Å². The summed E-state index contributed by atoms with van der Waals surface area (Å²) in [6, 6.07) is 13.4. The first-order valence-electron chi connectivity index (χ1n) is 9.24. The number of hydrogen-bond acceptors (Lipinski definition) is 4. The molecule has 1 N–H and O–H groups in total. The van der Waals surface area contributed by atoms with Gasteiger partial charge in [-0.15, -0.1) is 0 Å². The lowest BCUT2D eigenvalue weighted by atomic mass is 10.2. The summed E-state index contributed by atoms with van der Waals surface area (Å²) in [6.45, 7) is 5.02. The molecular formula is C22H23ClN4O2. The van der Waals surface area contributed by atoms with E-state index in [0.717, 1.165) is 22.6 Å². The van der Waals surface area contributed by atoms with Crippen molar-refractivity contribution in [3.63, 3.8) is 0 Å². The van der Waals surface area contributed by atoms with Crippen molar-refractivity contribution in [1.29, 1.82) is 5.26 Å². The summed E-state index contributed by atoms with van der Waals surface area (Å²) in [6.07, 6.45) is 1.61. The average molecular weight is 411 g/mol. The lowest BCUT2D eigenvalue weighted by molar-refractivity contribution is -0.117. The number of hydrogen-bond donors (Lipinski definition) is 1. The molecule has 0 atom stereocenters. The van der Waals surface area contributed by atoms with Crippen molar-refractivity contribution in [2.24, 2.45) is 0 Å².